The van der Waals surface area contributed by atoms with Gasteiger partial charge in [-0.1, -0.05) is 79.4 Å². The van der Waals surface area contributed by atoms with Gasteiger partial charge in [0.2, 0.25) is 0 Å². The molecule has 3 saturated carbocycles. The molecular weight excluding hydrogens is 420 g/mol. The molecule has 0 bridgehead atoms. The molecule has 0 amide bonds. The van der Waals surface area contributed by atoms with Crippen LogP contribution >= 0.6 is 11.8 Å². The van der Waals surface area contributed by atoms with Gasteiger partial charge in [-0.2, -0.15) is 0 Å². The van der Waals surface area contributed by atoms with Gasteiger partial charge in [-0.05, 0) is 91.3 Å². The van der Waals surface area contributed by atoms with Crippen molar-refractivity contribution < 1.29 is 4.74 Å². The highest BCUT2D eigenvalue weighted by Crippen LogP contribution is 2.71. The lowest BCUT2D eigenvalue weighted by atomic mass is 9.44. The number of fused-ring (bicyclic) bond motifs is 5. The van der Waals surface area contributed by atoms with Crippen molar-refractivity contribution in [2.24, 2.45) is 51.8 Å². The van der Waals surface area contributed by atoms with E-state index < -0.39 is 0 Å². The Hall–Kier alpha value is 0.0500. The minimum atomic E-state index is 0.0399. The van der Waals surface area contributed by atoms with E-state index in [1.165, 1.54) is 70.0 Å². The van der Waals surface area contributed by atoms with Crippen molar-refractivity contribution in [3.05, 3.63) is 11.6 Å². The number of hydrogen-bond donors (Lipinski definition) is 0. The van der Waals surface area contributed by atoms with Crippen LogP contribution in [0, 0.1) is 51.8 Å². The van der Waals surface area contributed by atoms with E-state index in [1.807, 2.05) is 0 Å². The number of thioether (sulfide) groups is 1. The second kappa shape index (κ2) is 8.57. The van der Waals surface area contributed by atoms with Crippen LogP contribution in [0.15, 0.2) is 11.6 Å². The summed E-state index contributed by atoms with van der Waals surface area (Å²) in [6.07, 6.45) is 16.9. The number of rotatable bonds is 5. The summed E-state index contributed by atoms with van der Waals surface area (Å²) in [5.74, 6) is 6.68. The molecule has 0 N–H and O–H groups in total. The van der Waals surface area contributed by atoms with Crippen molar-refractivity contribution in [3.8, 4) is 0 Å². The maximum atomic E-state index is 6.52. The summed E-state index contributed by atoms with van der Waals surface area (Å²) in [5.41, 5.74) is 2.93. The molecule has 4 aliphatic carbocycles. The molecule has 188 valence electrons. The summed E-state index contributed by atoms with van der Waals surface area (Å²) >= 11 is 2.12. The van der Waals surface area contributed by atoms with Crippen LogP contribution in [0.4, 0.5) is 0 Å². The van der Waals surface area contributed by atoms with E-state index in [2.05, 4.69) is 66.3 Å². The van der Waals surface area contributed by atoms with Crippen molar-refractivity contribution >= 4 is 11.8 Å². The SMILES string of the molecule is CC(C)CCCC(C)C1CCC2C3CC=C4C(C)(CCC5(OCCS5)C4(C)C)C3CCC12C. The predicted octanol–water partition coefficient (Wildman–Crippen LogP) is 9.12. The van der Waals surface area contributed by atoms with Crippen molar-refractivity contribution in [2.45, 2.75) is 118 Å². The van der Waals surface area contributed by atoms with Crippen LogP contribution in [0.3, 0.4) is 0 Å². The molecule has 8 unspecified atom stereocenters. The van der Waals surface area contributed by atoms with Crippen LogP contribution in [0.2, 0.25) is 0 Å². The molecule has 1 saturated heterocycles. The third-order valence-electron chi connectivity index (χ3n) is 12.0. The summed E-state index contributed by atoms with van der Waals surface area (Å²) in [6.45, 7) is 18.8. The third kappa shape index (κ3) is 3.65. The minimum Gasteiger partial charge on any atom is -0.363 e. The summed E-state index contributed by atoms with van der Waals surface area (Å²) < 4.78 is 6.52. The Kier molecular flexibility index (Phi) is 6.42. The Bertz CT molecular complexity index is 761. The Morgan fingerprint density at radius 2 is 1.76 bits per heavy atom. The molecule has 2 heteroatoms. The zero-order valence-corrected chi connectivity index (χ0v) is 23.7. The maximum Gasteiger partial charge on any atom is 0.122 e. The molecule has 0 aromatic heterocycles. The first-order chi connectivity index (χ1) is 15.6. The highest BCUT2D eigenvalue weighted by molar-refractivity contribution is 8.00. The molecule has 1 spiro atoms. The van der Waals surface area contributed by atoms with E-state index >= 15 is 0 Å². The van der Waals surface area contributed by atoms with E-state index in [4.69, 9.17) is 4.74 Å². The lowest BCUT2D eigenvalue weighted by Crippen LogP contribution is -2.57. The summed E-state index contributed by atoms with van der Waals surface area (Å²) in [7, 11) is 0. The van der Waals surface area contributed by atoms with Gasteiger partial charge in [-0.25, -0.2) is 0 Å². The summed E-state index contributed by atoms with van der Waals surface area (Å²) in [6, 6.07) is 0. The zero-order valence-electron chi connectivity index (χ0n) is 22.8. The first-order valence-electron chi connectivity index (χ1n) is 14.5. The number of hydrogen-bond acceptors (Lipinski definition) is 2. The van der Waals surface area contributed by atoms with E-state index in [0.717, 1.165) is 42.1 Å². The molecule has 1 heterocycles. The fourth-order valence-electron chi connectivity index (χ4n) is 10.3. The van der Waals surface area contributed by atoms with Gasteiger partial charge in [-0.15, -0.1) is 11.8 Å². The fraction of sp³-hybridized carbons (Fsp3) is 0.935. The van der Waals surface area contributed by atoms with Gasteiger partial charge in [0.15, 0.2) is 0 Å². The van der Waals surface area contributed by atoms with Crippen molar-refractivity contribution in [1.82, 2.24) is 0 Å². The molecule has 0 radical (unpaired) electrons. The minimum absolute atomic E-state index is 0.0399. The van der Waals surface area contributed by atoms with Crippen LogP contribution in [-0.4, -0.2) is 17.3 Å². The van der Waals surface area contributed by atoms with Crippen LogP contribution < -0.4 is 0 Å². The quantitative estimate of drug-likeness (QED) is 0.369. The van der Waals surface area contributed by atoms with E-state index in [0.29, 0.717) is 10.8 Å². The molecule has 5 aliphatic rings. The normalized spacial score (nSPS) is 47.2. The van der Waals surface area contributed by atoms with Gasteiger partial charge >= 0.3 is 0 Å². The second-order valence-corrected chi connectivity index (χ2v) is 15.6. The van der Waals surface area contributed by atoms with Crippen LogP contribution in [0.1, 0.15) is 113 Å². The molecule has 8 atom stereocenters. The molecule has 5 rings (SSSR count). The average Bonchev–Trinajstić information content (AvgIpc) is 3.36. The summed E-state index contributed by atoms with van der Waals surface area (Å²) in [4.78, 5) is 0.0399. The molecular formula is C31H52OS. The first-order valence-corrected chi connectivity index (χ1v) is 15.5. The Balaban J connectivity index is 1.37. The van der Waals surface area contributed by atoms with Gasteiger partial charge in [0.05, 0.1) is 6.61 Å². The molecule has 0 aromatic carbocycles. The summed E-state index contributed by atoms with van der Waals surface area (Å²) in [5, 5.41) is 0. The lowest BCUT2D eigenvalue weighted by molar-refractivity contribution is -0.102. The number of allylic oxidation sites excluding steroid dienone is 1. The Morgan fingerprint density at radius 3 is 2.45 bits per heavy atom. The highest BCUT2D eigenvalue weighted by Gasteiger charge is 2.64. The van der Waals surface area contributed by atoms with E-state index in [-0.39, 0.29) is 10.3 Å². The maximum absolute atomic E-state index is 6.52. The number of ether oxygens (including phenoxy) is 1. The Morgan fingerprint density at radius 1 is 0.970 bits per heavy atom. The molecule has 0 aromatic rings. The Labute approximate surface area is 209 Å². The van der Waals surface area contributed by atoms with Gasteiger partial charge in [0.1, 0.15) is 4.93 Å². The highest BCUT2D eigenvalue weighted by atomic mass is 32.2. The molecule has 4 fully saturated rings. The molecule has 1 nitrogen and oxygen atoms in total. The lowest BCUT2D eigenvalue weighted by Gasteiger charge is -2.63. The zero-order chi connectivity index (χ0) is 23.6. The van der Waals surface area contributed by atoms with E-state index in [9.17, 15) is 0 Å². The van der Waals surface area contributed by atoms with Crippen molar-refractivity contribution in [1.29, 1.82) is 0 Å². The molecule has 1 aliphatic heterocycles. The predicted molar refractivity (Wildman–Crippen MR) is 143 cm³/mol. The van der Waals surface area contributed by atoms with Gasteiger partial charge < -0.3 is 4.74 Å². The van der Waals surface area contributed by atoms with Crippen molar-refractivity contribution in [2.75, 3.05) is 12.4 Å². The van der Waals surface area contributed by atoms with Gasteiger partial charge in [-0.3, -0.25) is 0 Å². The third-order valence-corrected chi connectivity index (χ3v) is 13.7. The van der Waals surface area contributed by atoms with Crippen LogP contribution in [-0.2, 0) is 4.74 Å². The standard InChI is InChI=1S/C31H52OS/c1-21(2)9-8-10-22(3)24-12-13-25-23-11-14-27-28(4,5)31(32-19-20-33-31)18-17-30(27,7)26(23)15-16-29(24,25)6/h14,21-26H,8-13,15-20H2,1-7H3. The topological polar surface area (TPSA) is 9.23 Å². The fourth-order valence-corrected chi connectivity index (χ4v) is 11.7. The van der Waals surface area contributed by atoms with Gasteiger partial charge in [0.25, 0.3) is 0 Å². The monoisotopic (exact) mass is 472 g/mol. The first kappa shape index (κ1) is 24.7. The average molecular weight is 473 g/mol. The van der Waals surface area contributed by atoms with Crippen molar-refractivity contribution in [3.63, 3.8) is 0 Å². The molecule has 33 heavy (non-hydrogen) atoms. The van der Waals surface area contributed by atoms with E-state index in [1.54, 1.807) is 5.57 Å². The smallest absolute Gasteiger partial charge is 0.122 e. The van der Waals surface area contributed by atoms with Crippen LogP contribution in [0.25, 0.3) is 0 Å². The second-order valence-electron chi connectivity index (χ2n) is 14.3. The van der Waals surface area contributed by atoms with Gasteiger partial charge in [0, 0.05) is 11.2 Å². The van der Waals surface area contributed by atoms with Crippen LogP contribution in [0.5, 0.6) is 0 Å². The largest absolute Gasteiger partial charge is 0.363 e.